The van der Waals surface area contributed by atoms with Crippen molar-refractivity contribution in [3.05, 3.63) is 72.9 Å². The molecule has 0 aromatic rings. The average Bonchev–Trinajstić information content (AvgIpc) is 3.31. The van der Waals surface area contributed by atoms with Crippen molar-refractivity contribution in [2.75, 3.05) is 19.8 Å². The van der Waals surface area contributed by atoms with Crippen LogP contribution in [0.1, 0.15) is 155 Å². The van der Waals surface area contributed by atoms with Gasteiger partial charge in [-0.15, -0.1) is 0 Å². The smallest absolute Gasteiger partial charge is 0.220 e. The van der Waals surface area contributed by atoms with Gasteiger partial charge in [0, 0.05) is 6.42 Å². The van der Waals surface area contributed by atoms with Crippen molar-refractivity contribution in [2.24, 2.45) is 0 Å². The van der Waals surface area contributed by atoms with Crippen LogP contribution in [0.3, 0.4) is 0 Å². The van der Waals surface area contributed by atoms with Crippen LogP contribution >= 0.6 is 0 Å². The van der Waals surface area contributed by atoms with E-state index in [0.29, 0.717) is 12.8 Å². The molecule has 2 fully saturated rings. The highest BCUT2D eigenvalue weighted by Crippen LogP contribution is 2.30. The Morgan fingerprint density at radius 3 is 1.67 bits per heavy atom. The van der Waals surface area contributed by atoms with Gasteiger partial charge in [0.1, 0.15) is 48.8 Å². The van der Waals surface area contributed by atoms with Gasteiger partial charge in [-0.2, -0.15) is 0 Å². The minimum atomic E-state index is -1.79. The van der Waals surface area contributed by atoms with Crippen molar-refractivity contribution >= 4 is 5.91 Å². The SMILES string of the molecule is C/C=C/CC/C=C/CC/C=C/C(O)C(COC1OC(CO)C(OC2OC(CO)C(O)C(O)C2O)C(O)C1O)NC(=O)CCCCCCCCCC/C=C\C/C=C\C/C=C\CCCCCCC. The minimum Gasteiger partial charge on any atom is -0.394 e. The molecule has 0 aliphatic carbocycles. The maximum absolute atomic E-state index is 13.1. The zero-order chi connectivity index (χ0) is 48.2. The summed E-state index contributed by atoms with van der Waals surface area (Å²) >= 11 is 0. The molecule has 0 aromatic carbocycles. The van der Waals surface area contributed by atoms with E-state index in [1.807, 2.05) is 19.1 Å². The largest absolute Gasteiger partial charge is 0.394 e. The van der Waals surface area contributed by atoms with Crippen molar-refractivity contribution in [1.29, 1.82) is 0 Å². The molecule has 9 N–H and O–H groups in total. The average molecular weight is 936 g/mol. The maximum atomic E-state index is 13.1. The van der Waals surface area contributed by atoms with Crippen molar-refractivity contribution < 1.29 is 64.6 Å². The lowest BCUT2D eigenvalue weighted by atomic mass is 9.97. The fraction of sp³-hybridized carbons (Fsp3) is 0.750. The molecule has 0 spiro atoms. The number of aliphatic hydroxyl groups is 8. The Morgan fingerprint density at radius 1 is 0.576 bits per heavy atom. The first-order valence-corrected chi connectivity index (χ1v) is 25.1. The fourth-order valence-corrected chi connectivity index (χ4v) is 7.81. The van der Waals surface area contributed by atoms with Gasteiger partial charge in [-0.3, -0.25) is 4.79 Å². The highest BCUT2D eigenvalue weighted by molar-refractivity contribution is 5.76. The van der Waals surface area contributed by atoms with Crippen molar-refractivity contribution in [2.45, 2.75) is 229 Å². The van der Waals surface area contributed by atoms with Crippen molar-refractivity contribution in [3.8, 4) is 0 Å². The summed E-state index contributed by atoms with van der Waals surface area (Å²) in [5, 5.41) is 86.5. The number of carbonyl (C=O) groups excluding carboxylic acids is 1. The fourth-order valence-electron chi connectivity index (χ4n) is 7.81. The first kappa shape index (κ1) is 59.6. The molecule has 2 rings (SSSR count). The number of carbonyl (C=O) groups is 1. The number of rotatable bonds is 37. The number of amides is 1. The molecule has 2 aliphatic heterocycles. The van der Waals surface area contributed by atoms with Crippen molar-refractivity contribution in [1.82, 2.24) is 5.32 Å². The highest BCUT2D eigenvalue weighted by Gasteiger charge is 2.51. The molecular formula is C52H89NO13. The number of allylic oxidation sites excluding steroid dienone is 11. The van der Waals surface area contributed by atoms with E-state index in [0.717, 1.165) is 64.2 Å². The van der Waals surface area contributed by atoms with Crippen LogP contribution in [-0.4, -0.2) is 140 Å². The van der Waals surface area contributed by atoms with E-state index in [4.69, 9.17) is 18.9 Å². The predicted molar refractivity (Wildman–Crippen MR) is 258 cm³/mol. The minimum absolute atomic E-state index is 0.257. The van der Waals surface area contributed by atoms with Crippen LogP contribution in [0.25, 0.3) is 0 Å². The summed E-state index contributed by atoms with van der Waals surface area (Å²) in [4.78, 5) is 13.1. The maximum Gasteiger partial charge on any atom is 0.220 e. The summed E-state index contributed by atoms with van der Waals surface area (Å²) in [7, 11) is 0. The van der Waals surface area contributed by atoms with Gasteiger partial charge in [-0.1, -0.05) is 144 Å². The van der Waals surface area contributed by atoms with Gasteiger partial charge in [0.2, 0.25) is 5.91 Å². The number of ether oxygens (including phenoxy) is 4. The van der Waals surface area contributed by atoms with E-state index in [1.54, 1.807) is 6.08 Å². The molecule has 0 radical (unpaired) electrons. The molecular weight excluding hydrogens is 847 g/mol. The van der Waals surface area contributed by atoms with E-state index >= 15 is 0 Å². The first-order chi connectivity index (χ1) is 32.1. The highest BCUT2D eigenvalue weighted by atomic mass is 16.7. The lowest BCUT2D eigenvalue weighted by molar-refractivity contribution is -0.359. The lowest BCUT2D eigenvalue weighted by Gasteiger charge is -2.46. The monoisotopic (exact) mass is 936 g/mol. The normalized spacial score (nSPS) is 27.4. The number of hydrogen-bond donors (Lipinski definition) is 9. The molecule has 2 aliphatic rings. The third-order valence-corrected chi connectivity index (χ3v) is 11.9. The van der Waals surface area contributed by atoms with E-state index < -0.39 is 86.8 Å². The molecule has 14 nitrogen and oxygen atoms in total. The van der Waals surface area contributed by atoms with Crippen LogP contribution in [0.15, 0.2) is 72.9 Å². The second-order valence-electron chi connectivity index (χ2n) is 17.6. The van der Waals surface area contributed by atoms with Crippen LogP contribution in [0.2, 0.25) is 0 Å². The van der Waals surface area contributed by atoms with Crippen LogP contribution in [0, 0.1) is 0 Å². The van der Waals surface area contributed by atoms with Gasteiger partial charge in [0.15, 0.2) is 12.6 Å². The molecule has 0 aromatic heterocycles. The molecule has 2 heterocycles. The van der Waals surface area contributed by atoms with E-state index in [-0.39, 0.29) is 18.9 Å². The molecule has 66 heavy (non-hydrogen) atoms. The van der Waals surface area contributed by atoms with Gasteiger partial charge in [0.25, 0.3) is 0 Å². The summed E-state index contributed by atoms with van der Waals surface area (Å²) in [5.74, 6) is -0.268. The van der Waals surface area contributed by atoms with Crippen LogP contribution in [-0.2, 0) is 23.7 Å². The Bertz CT molecular complexity index is 1380. The Hall–Kier alpha value is -2.57. The topological polar surface area (TPSA) is 228 Å². The molecule has 12 atom stereocenters. The predicted octanol–water partition coefficient (Wildman–Crippen LogP) is 6.43. The van der Waals surface area contributed by atoms with Crippen LogP contribution in [0.4, 0.5) is 0 Å². The molecule has 0 bridgehead atoms. The van der Waals surface area contributed by atoms with E-state index in [2.05, 4.69) is 66.9 Å². The van der Waals surface area contributed by atoms with Gasteiger partial charge in [-0.25, -0.2) is 0 Å². The summed E-state index contributed by atoms with van der Waals surface area (Å²) in [5.41, 5.74) is 0. The standard InChI is InChI=1S/C52H89NO13/c1-3-5-7-9-11-13-14-15-16-17-18-19-20-21-22-23-24-25-26-28-30-32-34-36-44(57)53-40(41(56)35-33-31-29-27-12-10-8-6-4-2)39-63-51-49(62)47(60)50(43(38-55)65-51)66-52-48(61)46(59)45(58)42(37-54)64-52/h4,6,12,14-15,17-18,20-21,27,33,35,40-43,45-52,54-56,58-62H,3,5,7-11,13,16,19,22-26,28-32,34,36-39H2,1-2H3,(H,53,57)/b6-4+,15-14-,18-17-,21-20-,27-12+,35-33+. The second kappa shape index (κ2) is 38.3. The number of hydrogen-bond acceptors (Lipinski definition) is 13. The van der Waals surface area contributed by atoms with Gasteiger partial charge >= 0.3 is 0 Å². The number of aliphatic hydroxyl groups excluding tert-OH is 8. The van der Waals surface area contributed by atoms with E-state index in [9.17, 15) is 45.6 Å². The summed E-state index contributed by atoms with van der Waals surface area (Å²) in [6.07, 6.45) is 31.2. The number of nitrogens with one attached hydrogen (secondary N) is 1. The van der Waals surface area contributed by atoms with Gasteiger partial charge < -0.3 is 65.1 Å². The Morgan fingerprint density at radius 2 is 1.08 bits per heavy atom. The number of unbranched alkanes of at least 4 members (excludes halogenated alkanes) is 15. The Labute approximate surface area is 396 Å². The van der Waals surface area contributed by atoms with Crippen LogP contribution < -0.4 is 5.32 Å². The van der Waals surface area contributed by atoms with Crippen LogP contribution in [0.5, 0.6) is 0 Å². The summed E-state index contributed by atoms with van der Waals surface area (Å²) in [6.45, 7) is 2.48. The molecule has 2 saturated heterocycles. The van der Waals surface area contributed by atoms with E-state index in [1.165, 1.54) is 57.8 Å². The summed E-state index contributed by atoms with van der Waals surface area (Å²) in [6, 6.07) is -0.943. The zero-order valence-corrected chi connectivity index (χ0v) is 40.2. The first-order valence-electron chi connectivity index (χ1n) is 25.1. The second-order valence-corrected chi connectivity index (χ2v) is 17.6. The third kappa shape index (κ3) is 25.2. The molecule has 14 heteroatoms. The third-order valence-electron chi connectivity index (χ3n) is 11.9. The quantitative estimate of drug-likeness (QED) is 0.0242. The molecule has 1 amide bonds. The molecule has 12 unspecified atom stereocenters. The van der Waals surface area contributed by atoms with Crippen molar-refractivity contribution in [3.63, 3.8) is 0 Å². The Kier molecular flexibility index (Phi) is 34.6. The summed E-state index contributed by atoms with van der Waals surface area (Å²) < 4.78 is 22.6. The van der Waals surface area contributed by atoms with Gasteiger partial charge in [0.05, 0.1) is 32.0 Å². The Balaban J connectivity index is 1.78. The molecule has 380 valence electrons. The van der Waals surface area contributed by atoms with Gasteiger partial charge in [-0.05, 0) is 77.6 Å². The molecule has 0 saturated carbocycles. The lowest BCUT2D eigenvalue weighted by Crippen LogP contribution is -2.65. The zero-order valence-electron chi connectivity index (χ0n) is 40.2.